The first-order chi connectivity index (χ1) is 10.3. The molecule has 2 rings (SSSR count). The molecular formula is C14H17Br2NO5S. The van der Waals surface area contributed by atoms with Crippen LogP contribution in [0.25, 0.3) is 0 Å². The zero-order chi connectivity index (χ0) is 18.0. The topological polar surface area (TPSA) is 80.8 Å². The lowest BCUT2D eigenvalue weighted by atomic mass is 9.69. The van der Waals surface area contributed by atoms with Crippen molar-refractivity contribution < 1.29 is 23.9 Å². The highest BCUT2D eigenvalue weighted by atomic mass is 79.9. The molecule has 0 aromatic heterocycles. The van der Waals surface area contributed by atoms with Crippen LogP contribution in [0.5, 0.6) is 0 Å². The molecule has 9 heteroatoms. The largest absolute Gasteiger partial charge is 0.393 e. The van der Waals surface area contributed by atoms with Crippen LogP contribution < -0.4 is 0 Å². The van der Waals surface area contributed by atoms with Crippen molar-refractivity contribution >= 4 is 67.8 Å². The number of nitrogens with zero attached hydrogens (tertiary/aromatic N) is 1. The van der Waals surface area contributed by atoms with Crippen LogP contribution in [0, 0.1) is 5.41 Å². The van der Waals surface area contributed by atoms with Crippen molar-refractivity contribution in [2.45, 2.75) is 53.5 Å². The zero-order valence-corrected chi connectivity index (χ0v) is 17.3. The quantitative estimate of drug-likeness (QED) is 0.207. The first-order valence-corrected chi connectivity index (χ1v) is 9.32. The Hall–Kier alpha value is -0.410. The van der Waals surface area contributed by atoms with E-state index in [1.165, 1.54) is 16.7 Å². The van der Waals surface area contributed by atoms with Crippen LogP contribution in [0.2, 0.25) is 0 Å². The molecule has 2 atom stereocenters. The third kappa shape index (κ3) is 2.26. The summed E-state index contributed by atoms with van der Waals surface area (Å²) in [5.74, 6) is -1.92. The van der Waals surface area contributed by atoms with E-state index < -0.39 is 42.0 Å². The van der Waals surface area contributed by atoms with Crippen molar-refractivity contribution in [1.82, 2.24) is 4.90 Å². The molecule has 2 fully saturated rings. The Labute approximate surface area is 155 Å². The SMILES string of the molecule is CC(C)(C)C(=O)[C@@]1(C(=O)OC=O)N2C(=O)C(Br)(Br)[C@H]2SC1(C)C. The monoisotopic (exact) mass is 469 g/mol. The molecule has 0 aromatic rings. The van der Waals surface area contributed by atoms with Gasteiger partial charge in [0.2, 0.25) is 5.54 Å². The molecule has 0 unspecified atom stereocenters. The van der Waals surface area contributed by atoms with Crippen molar-refractivity contribution in [3.63, 3.8) is 0 Å². The number of Topliss-reactive ketones (excluding diaryl/α,β-unsaturated/α-hetero) is 1. The van der Waals surface area contributed by atoms with Crippen molar-refractivity contribution in [3.05, 3.63) is 0 Å². The highest BCUT2D eigenvalue weighted by Gasteiger charge is 2.80. The second-order valence-electron chi connectivity index (χ2n) is 7.07. The second-order valence-corrected chi connectivity index (χ2v) is 12.3. The molecule has 2 heterocycles. The number of rotatable bonds is 3. The normalized spacial score (nSPS) is 31.2. The van der Waals surface area contributed by atoms with E-state index in [2.05, 4.69) is 36.6 Å². The summed E-state index contributed by atoms with van der Waals surface area (Å²) in [7, 11) is 0. The van der Waals surface area contributed by atoms with Gasteiger partial charge in [0.25, 0.3) is 5.91 Å². The lowest BCUT2D eigenvalue weighted by Gasteiger charge is -2.52. The van der Waals surface area contributed by atoms with Gasteiger partial charge in [0.05, 0.1) is 4.75 Å². The third-order valence-corrected chi connectivity index (χ3v) is 7.97. The summed E-state index contributed by atoms with van der Waals surface area (Å²) in [4.78, 5) is 50.5. The number of hydrogen-bond acceptors (Lipinski definition) is 6. The average molecular weight is 471 g/mol. The number of amides is 1. The third-order valence-electron chi connectivity index (χ3n) is 4.15. The zero-order valence-electron chi connectivity index (χ0n) is 13.3. The minimum absolute atomic E-state index is 0.00607. The second kappa shape index (κ2) is 5.29. The Bertz CT molecular complexity index is 613. The van der Waals surface area contributed by atoms with E-state index in [0.717, 1.165) is 0 Å². The molecule has 0 aliphatic carbocycles. The summed E-state index contributed by atoms with van der Waals surface area (Å²) in [6.45, 7) is 8.40. The van der Waals surface area contributed by atoms with Gasteiger partial charge in [0, 0.05) is 5.41 Å². The van der Waals surface area contributed by atoms with Gasteiger partial charge < -0.3 is 9.64 Å². The number of halogens is 2. The van der Waals surface area contributed by atoms with Crippen LogP contribution in [0.15, 0.2) is 0 Å². The van der Waals surface area contributed by atoms with Crippen molar-refractivity contribution in [2.24, 2.45) is 5.41 Å². The van der Waals surface area contributed by atoms with E-state index >= 15 is 0 Å². The molecule has 128 valence electrons. The van der Waals surface area contributed by atoms with E-state index in [9.17, 15) is 19.2 Å². The molecule has 0 aromatic carbocycles. The van der Waals surface area contributed by atoms with Crippen molar-refractivity contribution in [2.75, 3.05) is 0 Å². The molecule has 0 saturated carbocycles. The lowest BCUT2D eigenvalue weighted by Crippen LogP contribution is -2.78. The Kier molecular flexibility index (Phi) is 4.35. The van der Waals surface area contributed by atoms with E-state index in [-0.39, 0.29) is 6.47 Å². The summed E-state index contributed by atoms with van der Waals surface area (Å²) < 4.78 is 2.56. The van der Waals surface area contributed by atoms with Gasteiger partial charge in [0.1, 0.15) is 5.37 Å². The van der Waals surface area contributed by atoms with Gasteiger partial charge in [-0.1, -0.05) is 52.6 Å². The molecule has 0 radical (unpaired) electrons. The number of ether oxygens (including phenoxy) is 1. The van der Waals surface area contributed by atoms with E-state index in [1.807, 2.05) is 0 Å². The summed E-state index contributed by atoms with van der Waals surface area (Å²) in [6.07, 6.45) is 0. The Morgan fingerprint density at radius 3 is 2.26 bits per heavy atom. The van der Waals surface area contributed by atoms with Crippen LogP contribution in [-0.4, -0.2) is 47.9 Å². The minimum Gasteiger partial charge on any atom is -0.393 e. The number of hydrogen-bond donors (Lipinski definition) is 0. The number of fused-ring (bicyclic) bond motifs is 1. The highest BCUT2D eigenvalue weighted by molar-refractivity contribution is 9.26. The molecule has 0 bridgehead atoms. The summed E-state index contributed by atoms with van der Waals surface area (Å²) in [6, 6.07) is 0. The number of esters is 1. The van der Waals surface area contributed by atoms with Gasteiger partial charge in [-0.3, -0.25) is 14.4 Å². The van der Waals surface area contributed by atoms with Gasteiger partial charge >= 0.3 is 12.4 Å². The van der Waals surface area contributed by atoms with Crippen LogP contribution in [0.4, 0.5) is 0 Å². The number of carbonyl (C=O) groups is 4. The van der Waals surface area contributed by atoms with Gasteiger partial charge in [0.15, 0.2) is 9.02 Å². The van der Waals surface area contributed by atoms with Crippen LogP contribution in [-0.2, 0) is 23.9 Å². The van der Waals surface area contributed by atoms with E-state index in [0.29, 0.717) is 0 Å². The van der Waals surface area contributed by atoms with Gasteiger partial charge in [-0.05, 0) is 13.8 Å². The smallest absolute Gasteiger partial charge is 0.348 e. The van der Waals surface area contributed by atoms with Crippen LogP contribution in [0.1, 0.15) is 34.6 Å². The lowest BCUT2D eigenvalue weighted by molar-refractivity contribution is -0.179. The predicted octanol–water partition coefficient (Wildman–Crippen LogP) is 2.22. The fourth-order valence-electron chi connectivity index (χ4n) is 3.07. The maximum absolute atomic E-state index is 13.2. The van der Waals surface area contributed by atoms with Crippen LogP contribution >= 0.6 is 43.6 Å². The standard InChI is InChI=1S/C14H17Br2NO5S/c1-11(2,3)7(19)13(10(21)22-6-18)12(4,5)23-9-14(15,16)8(20)17(9)13/h6,9H,1-5H3/t9-,13+/m1/s1. The highest BCUT2D eigenvalue weighted by Crippen LogP contribution is 2.65. The summed E-state index contributed by atoms with van der Waals surface area (Å²) in [5.41, 5.74) is -2.77. The van der Waals surface area contributed by atoms with Gasteiger partial charge in [-0.15, -0.1) is 11.8 Å². The van der Waals surface area contributed by atoms with E-state index in [1.54, 1.807) is 34.6 Å². The van der Waals surface area contributed by atoms with Crippen LogP contribution in [0.3, 0.4) is 0 Å². The Morgan fingerprint density at radius 1 is 1.30 bits per heavy atom. The fourth-order valence-corrected chi connectivity index (χ4v) is 6.03. The summed E-state index contributed by atoms with van der Waals surface area (Å²) in [5, 5.41) is -0.476. The fraction of sp³-hybridized carbons (Fsp3) is 0.714. The first-order valence-electron chi connectivity index (χ1n) is 6.85. The number of alkyl halides is 2. The maximum atomic E-state index is 13.2. The first kappa shape index (κ1) is 18.9. The number of ketones is 1. The van der Waals surface area contributed by atoms with E-state index in [4.69, 9.17) is 0 Å². The molecule has 6 nitrogen and oxygen atoms in total. The molecule has 0 N–H and O–H groups in total. The molecule has 23 heavy (non-hydrogen) atoms. The molecule has 2 saturated heterocycles. The maximum Gasteiger partial charge on any atom is 0.348 e. The molecular weight excluding hydrogens is 454 g/mol. The number of thioether (sulfide) groups is 1. The summed E-state index contributed by atoms with van der Waals surface area (Å²) >= 11 is 7.91. The number of carbonyl (C=O) groups excluding carboxylic acids is 4. The Balaban J connectivity index is 2.71. The van der Waals surface area contributed by atoms with Gasteiger partial charge in [-0.2, -0.15) is 0 Å². The Morgan fingerprint density at radius 2 is 1.83 bits per heavy atom. The van der Waals surface area contributed by atoms with Crippen molar-refractivity contribution in [3.8, 4) is 0 Å². The van der Waals surface area contributed by atoms with Crippen molar-refractivity contribution in [1.29, 1.82) is 0 Å². The number of β-lactam (4-membered cyclic amide) rings is 1. The van der Waals surface area contributed by atoms with Gasteiger partial charge in [-0.25, -0.2) is 4.79 Å². The molecule has 2 aliphatic heterocycles. The molecule has 0 spiro atoms. The minimum atomic E-state index is -1.86. The molecule has 2 aliphatic rings. The average Bonchev–Trinajstić information content (AvgIpc) is 2.64. The predicted molar refractivity (Wildman–Crippen MR) is 92.2 cm³/mol. The molecule has 1 amide bonds.